The van der Waals surface area contributed by atoms with Crippen molar-refractivity contribution in [3.63, 3.8) is 0 Å². The second-order valence-electron chi connectivity index (χ2n) is 6.11. The zero-order valence-electron chi connectivity index (χ0n) is 15.4. The summed E-state index contributed by atoms with van der Waals surface area (Å²) in [7, 11) is 0. The lowest BCUT2D eigenvalue weighted by atomic mass is 10.2. The summed E-state index contributed by atoms with van der Waals surface area (Å²) in [4.78, 5) is 11.9. The highest BCUT2D eigenvalue weighted by Crippen LogP contribution is 2.20. The van der Waals surface area contributed by atoms with Gasteiger partial charge in [0.25, 0.3) is 5.91 Å². The van der Waals surface area contributed by atoms with Crippen LogP contribution in [0.2, 0.25) is 10.2 Å². The van der Waals surface area contributed by atoms with E-state index in [0.717, 1.165) is 10.0 Å². The minimum atomic E-state index is -0.386. The molecule has 2 aromatic carbocycles. The summed E-state index contributed by atoms with van der Waals surface area (Å²) >= 11 is 15.7. The van der Waals surface area contributed by atoms with Gasteiger partial charge >= 0.3 is 0 Å². The first-order chi connectivity index (χ1) is 13.9. The lowest BCUT2D eigenvalue weighted by molar-refractivity contribution is -0.123. The van der Waals surface area contributed by atoms with E-state index in [9.17, 15) is 4.79 Å². The van der Waals surface area contributed by atoms with Gasteiger partial charge in [-0.2, -0.15) is 10.2 Å². The summed E-state index contributed by atoms with van der Waals surface area (Å²) in [5.41, 5.74) is 4.77. The number of carbonyl (C=O) groups excluding carboxylic acids is 1. The van der Waals surface area contributed by atoms with E-state index >= 15 is 0 Å². The molecule has 1 aromatic heterocycles. The summed E-state index contributed by atoms with van der Waals surface area (Å²) in [5, 5.41) is 9.49. The third-order valence-electron chi connectivity index (χ3n) is 3.90. The fourth-order valence-electron chi connectivity index (χ4n) is 2.49. The van der Waals surface area contributed by atoms with E-state index < -0.39 is 0 Å². The third kappa shape index (κ3) is 6.06. The van der Waals surface area contributed by atoms with E-state index in [0.29, 0.717) is 33.7 Å². The highest BCUT2D eigenvalue weighted by atomic mass is 79.9. The van der Waals surface area contributed by atoms with Gasteiger partial charge in [-0.3, -0.25) is 4.79 Å². The molecule has 1 N–H and O–H groups in total. The number of nitrogens with zero attached hydrogens (tertiary/aromatic N) is 3. The van der Waals surface area contributed by atoms with Crippen molar-refractivity contribution in [2.45, 2.75) is 13.5 Å². The van der Waals surface area contributed by atoms with Gasteiger partial charge in [-0.25, -0.2) is 10.1 Å². The third-order valence-corrected chi connectivity index (χ3v) is 5.05. The van der Waals surface area contributed by atoms with Crippen LogP contribution in [0.5, 0.6) is 5.75 Å². The molecule has 0 saturated carbocycles. The zero-order valence-corrected chi connectivity index (χ0v) is 18.5. The molecule has 0 spiro atoms. The Labute approximate surface area is 186 Å². The Morgan fingerprint density at radius 1 is 1.28 bits per heavy atom. The molecule has 6 nitrogen and oxygen atoms in total. The van der Waals surface area contributed by atoms with E-state index in [-0.39, 0.29) is 12.5 Å². The molecule has 0 unspecified atom stereocenters. The number of aryl methyl sites for hydroxylation is 1. The molecule has 3 rings (SSSR count). The van der Waals surface area contributed by atoms with Crippen LogP contribution in [-0.4, -0.2) is 28.5 Å². The van der Waals surface area contributed by atoms with Gasteiger partial charge in [-0.05, 0) is 42.8 Å². The van der Waals surface area contributed by atoms with E-state index in [1.165, 1.54) is 6.21 Å². The SMILES string of the molecule is Cc1nn(Cc2ccc(Cl)cc2)c(Cl)c1C=NNC(=O)COc1cccc(Br)c1. The molecule has 0 aliphatic heterocycles. The van der Waals surface area contributed by atoms with Gasteiger partial charge in [0.2, 0.25) is 0 Å². The highest BCUT2D eigenvalue weighted by Gasteiger charge is 2.12. The molecular weight excluding hydrogens is 479 g/mol. The Bertz CT molecular complexity index is 1040. The van der Waals surface area contributed by atoms with Crippen molar-refractivity contribution in [1.82, 2.24) is 15.2 Å². The van der Waals surface area contributed by atoms with Crippen LogP contribution in [0.1, 0.15) is 16.8 Å². The highest BCUT2D eigenvalue weighted by molar-refractivity contribution is 9.10. The Kier molecular flexibility index (Phi) is 7.30. The van der Waals surface area contributed by atoms with Crippen LogP contribution in [-0.2, 0) is 11.3 Å². The number of hydrogen-bond donors (Lipinski definition) is 1. The fraction of sp³-hybridized carbons (Fsp3) is 0.150. The van der Waals surface area contributed by atoms with Crippen LogP contribution in [0.15, 0.2) is 58.1 Å². The van der Waals surface area contributed by atoms with Crippen LogP contribution < -0.4 is 10.2 Å². The van der Waals surface area contributed by atoms with E-state index in [1.807, 2.05) is 43.3 Å². The molecular formula is C20H17BrCl2N4O2. The summed E-state index contributed by atoms with van der Waals surface area (Å²) in [6.07, 6.45) is 1.47. The number of benzene rings is 2. The number of carbonyl (C=O) groups is 1. The molecule has 9 heteroatoms. The van der Waals surface area contributed by atoms with Crippen LogP contribution >= 0.6 is 39.1 Å². The normalized spacial score (nSPS) is 11.0. The number of hydrogen-bond acceptors (Lipinski definition) is 4. The van der Waals surface area contributed by atoms with Crippen LogP contribution in [0.25, 0.3) is 0 Å². The second kappa shape index (κ2) is 9.91. The van der Waals surface area contributed by atoms with E-state index in [1.54, 1.807) is 16.8 Å². The average molecular weight is 496 g/mol. The summed E-state index contributed by atoms with van der Waals surface area (Å²) in [6, 6.07) is 14.7. The van der Waals surface area contributed by atoms with Crippen molar-refractivity contribution >= 4 is 51.3 Å². The van der Waals surface area contributed by atoms with E-state index in [2.05, 4.69) is 31.6 Å². The first kappa shape index (κ1) is 21.4. The molecule has 150 valence electrons. The second-order valence-corrected chi connectivity index (χ2v) is 7.82. The molecule has 0 fully saturated rings. The van der Waals surface area contributed by atoms with Gasteiger partial charge in [0.15, 0.2) is 6.61 Å². The fourth-order valence-corrected chi connectivity index (χ4v) is 3.28. The minimum Gasteiger partial charge on any atom is -0.484 e. The maximum atomic E-state index is 11.9. The topological polar surface area (TPSA) is 68.5 Å². The predicted molar refractivity (Wildman–Crippen MR) is 118 cm³/mol. The molecule has 0 aliphatic rings. The summed E-state index contributed by atoms with van der Waals surface area (Å²) in [5.74, 6) is 0.199. The molecule has 0 atom stereocenters. The standard InChI is InChI=1S/C20H17BrCl2N4O2/c1-13-18(20(23)27(26-13)11-14-5-7-16(22)8-6-14)10-24-25-19(28)12-29-17-4-2-3-15(21)9-17/h2-10H,11-12H2,1H3,(H,25,28). The van der Waals surface area contributed by atoms with Gasteiger partial charge in [-0.1, -0.05) is 57.3 Å². The van der Waals surface area contributed by atoms with Crippen LogP contribution in [0.4, 0.5) is 0 Å². The molecule has 0 radical (unpaired) electrons. The monoisotopic (exact) mass is 494 g/mol. The maximum absolute atomic E-state index is 11.9. The maximum Gasteiger partial charge on any atom is 0.277 e. The van der Waals surface area contributed by atoms with Gasteiger partial charge < -0.3 is 4.74 Å². The van der Waals surface area contributed by atoms with Gasteiger partial charge in [0.1, 0.15) is 10.9 Å². The molecule has 3 aromatic rings. The molecule has 0 aliphatic carbocycles. The van der Waals surface area contributed by atoms with Crippen molar-refractivity contribution in [3.8, 4) is 5.75 Å². The molecule has 0 saturated heterocycles. The smallest absolute Gasteiger partial charge is 0.277 e. The number of halogens is 3. The van der Waals surface area contributed by atoms with Gasteiger partial charge in [-0.15, -0.1) is 0 Å². The first-order valence-electron chi connectivity index (χ1n) is 8.60. The number of aromatic nitrogens is 2. The van der Waals surface area contributed by atoms with E-state index in [4.69, 9.17) is 27.9 Å². The number of ether oxygens (including phenoxy) is 1. The van der Waals surface area contributed by atoms with Gasteiger partial charge in [0.05, 0.1) is 24.0 Å². The average Bonchev–Trinajstić information content (AvgIpc) is 2.95. The minimum absolute atomic E-state index is 0.156. The van der Waals surface area contributed by atoms with Crippen molar-refractivity contribution in [3.05, 3.63) is 80.0 Å². The summed E-state index contributed by atoms with van der Waals surface area (Å²) in [6.45, 7) is 2.16. The first-order valence-corrected chi connectivity index (χ1v) is 10.1. The van der Waals surface area contributed by atoms with Gasteiger partial charge in [0, 0.05) is 9.50 Å². The Balaban J connectivity index is 1.58. The quantitative estimate of drug-likeness (QED) is 0.376. The number of amides is 1. The molecule has 1 amide bonds. The Hall–Kier alpha value is -2.35. The summed E-state index contributed by atoms with van der Waals surface area (Å²) < 4.78 is 7.95. The largest absolute Gasteiger partial charge is 0.484 e. The van der Waals surface area contributed by atoms with Crippen molar-refractivity contribution in [2.24, 2.45) is 5.10 Å². The van der Waals surface area contributed by atoms with Crippen molar-refractivity contribution in [2.75, 3.05) is 6.61 Å². The lowest BCUT2D eigenvalue weighted by Gasteiger charge is -2.05. The lowest BCUT2D eigenvalue weighted by Crippen LogP contribution is -2.24. The van der Waals surface area contributed by atoms with Crippen LogP contribution in [0.3, 0.4) is 0 Å². The predicted octanol–water partition coefficient (Wildman–Crippen LogP) is 4.84. The molecule has 0 bridgehead atoms. The van der Waals surface area contributed by atoms with Crippen LogP contribution in [0, 0.1) is 6.92 Å². The number of hydrazone groups is 1. The molecule has 1 heterocycles. The Morgan fingerprint density at radius 2 is 2.03 bits per heavy atom. The Morgan fingerprint density at radius 3 is 2.76 bits per heavy atom. The van der Waals surface area contributed by atoms with Crippen molar-refractivity contribution in [1.29, 1.82) is 0 Å². The zero-order chi connectivity index (χ0) is 20.8. The number of rotatable bonds is 7. The van der Waals surface area contributed by atoms with Crippen molar-refractivity contribution < 1.29 is 9.53 Å². The number of nitrogens with one attached hydrogen (secondary N) is 1. The molecule has 29 heavy (non-hydrogen) atoms.